The first-order valence-electron chi connectivity index (χ1n) is 6.90. The maximum Gasteiger partial charge on any atom is 0.340 e. The van der Waals surface area contributed by atoms with Gasteiger partial charge in [0.1, 0.15) is 0 Å². The Balaban J connectivity index is 2.26. The van der Waals surface area contributed by atoms with E-state index in [-0.39, 0.29) is 35.9 Å². The Bertz CT molecular complexity index is 700. The predicted molar refractivity (Wildman–Crippen MR) is 85.6 cm³/mol. The van der Waals surface area contributed by atoms with Gasteiger partial charge >= 0.3 is 5.97 Å². The van der Waals surface area contributed by atoms with Crippen molar-refractivity contribution in [2.45, 2.75) is 13.3 Å². The molecule has 1 aromatic carbocycles. The molecule has 2 rings (SSSR count). The number of hydrogen-bond donors (Lipinski definition) is 1. The van der Waals surface area contributed by atoms with E-state index < -0.39 is 11.8 Å². The van der Waals surface area contributed by atoms with E-state index in [2.05, 4.69) is 5.32 Å². The van der Waals surface area contributed by atoms with Gasteiger partial charge in [0.2, 0.25) is 5.91 Å². The molecule has 0 saturated carbocycles. The van der Waals surface area contributed by atoms with Gasteiger partial charge < -0.3 is 14.8 Å². The summed E-state index contributed by atoms with van der Waals surface area (Å²) in [5.74, 6) is -1.77. The average Bonchev–Trinajstić information content (AvgIpc) is 3.00. The summed E-state index contributed by atoms with van der Waals surface area (Å²) in [4.78, 5) is 24.1. The molecular weight excluding hydrogens is 321 g/mol. The molecule has 0 fully saturated rings. The van der Waals surface area contributed by atoms with Gasteiger partial charge in [-0.2, -0.15) is 11.3 Å². The van der Waals surface area contributed by atoms with Gasteiger partial charge in [-0.3, -0.25) is 4.79 Å². The Morgan fingerprint density at radius 3 is 2.74 bits per heavy atom. The minimum absolute atomic E-state index is 0.0452. The van der Waals surface area contributed by atoms with E-state index >= 15 is 0 Å². The number of thiophene rings is 1. The third-order valence-electron chi connectivity index (χ3n) is 3.01. The van der Waals surface area contributed by atoms with Gasteiger partial charge in [0.05, 0.1) is 31.4 Å². The zero-order valence-corrected chi connectivity index (χ0v) is 13.5. The molecule has 0 aliphatic rings. The summed E-state index contributed by atoms with van der Waals surface area (Å²) in [7, 11) is 1.29. The Morgan fingerprint density at radius 1 is 1.35 bits per heavy atom. The lowest BCUT2D eigenvalue weighted by Crippen LogP contribution is -2.18. The van der Waals surface area contributed by atoms with Gasteiger partial charge in [0, 0.05) is 6.07 Å². The van der Waals surface area contributed by atoms with Crippen LogP contribution in [-0.4, -0.2) is 25.6 Å². The molecule has 2 aromatic rings. The Labute approximate surface area is 137 Å². The second-order valence-corrected chi connectivity index (χ2v) is 5.39. The van der Waals surface area contributed by atoms with Crippen LogP contribution in [0.4, 0.5) is 10.1 Å². The SMILES string of the molecule is CCOC(=O)c1cc(OC)c(F)cc1NC(=O)Cc1ccsc1. The number of rotatable bonds is 6. The number of anilines is 1. The van der Waals surface area contributed by atoms with Crippen LogP contribution in [0.1, 0.15) is 22.8 Å². The molecule has 1 heterocycles. The van der Waals surface area contributed by atoms with E-state index in [4.69, 9.17) is 9.47 Å². The number of esters is 1. The summed E-state index contributed by atoms with van der Waals surface area (Å²) < 4.78 is 23.7. The van der Waals surface area contributed by atoms with E-state index in [0.29, 0.717) is 0 Å². The largest absolute Gasteiger partial charge is 0.494 e. The summed E-state index contributed by atoms with van der Waals surface area (Å²) in [6.07, 6.45) is 0.138. The van der Waals surface area contributed by atoms with Crippen molar-refractivity contribution in [2.24, 2.45) is 0 Å². The highest BCUT2D eigenvalue weighted by Gasteiger charge is 2.19. The highest BCUT2D eigenvalue weighted by Crippen LogP contribution is 2.27. The molecule has 122 valence electrons. The molecule has 23 heavy (non-hydrogen) atoms. The van der Waals surface area contributed by atoms with Crippen molar-refractivity contribution < 1.29 is 23.5 Å². The maximum atomic E-state index is 13.9. The zero-order chi connectivity index (χ0) is 16.8. The molecular formula is C16H16FNO4S. The average molecular weight is 337 g/mol. The Morgan fingerprint density at radius 2 is 2.13 bits per heavy atom. The number of nitrogens with one attached hydrogen (secondary N) is 1. The molecule has 7 heteroatoms. The molecule has 0 spiro atoms. The molecule has 1 amide bonds. The molecule has 0 aliphatic heterocycles. The van der Waals surface area contributed by atoms with Crippen LogP contribution in [0.25, 0.3) is 0 Å². The van der Waals surface area contributed by atoms with Crippen LogP contribution in [0, 0.1) is 5.82 Å². The third kappa shape index (κ3) is 4.29. The van der Waals surface area contributed by atoms with Gasteiger partial charge in [-0.1, -0.05) is 0 Å². The fourth-order valence-corrected chi connectivity index (χ4v) is 2.63. The van der Waals surface area contributed by atoms with Crippen LogP contribution in [0.15, 0.2) is 29.0 Å². The van der Waals surface area contributed by atoms with Crippen molar-refractivity contribution in [3.63, 3.8) is 0 Å². The first-order chi connectivity index (χ1) is 11.0. The molecule has 0 aliphatic carbocycles. The van der Waals surface area contributed by atoms with Crippen LogP contribution in [0.2, 0.25) is 0 Å². The van der Waals surface area contributed by atoms with E-state index in [1.54, 1.807) is 6.92 Å². The standard InChI is InChI=1S/C16H16FNO4S/c1-3-22-16(20)11-7-14(21-2)12(17)8-13(11)18-15(19)6-10-4-5-23-9-10/h4-5,7-9H,3,6H2,1-2H3,(H,18,19). The lowest BCUT2D eigenvalue weighted by Gasteiger charge is -2.12. The summed E-state index contributed by atoms with van der Waals surface area (Å²) in [6, 6.07) is 4.09. The number of benzene rings is 1. The molecule has 5 nitrogen and oxygen atoms in total. The van der Waals surface area contributed by atoms with Crippen LogP contribution in [0.5, 0.6) is 5.75 Å². The topological polar surface area (TPSA) is 64.6 Å². The fraction of sp³-hybridized carbons (Fsp3) is 0.250. The van der Waals surface area contributed by atoms with Crippen molar-refractivity contribution in [2.75, 3.05) is 19.0 Å². The van der Waals surface area contributed by atoms with Crippen molar-refractivity contribution in [3.05, 3.63) is 45.9 Å². The van der Waals surface area contributed by atoms with Gasteiger partial charge in [0.15, 0.2) is 11.6 Å². The Hall–Kier alpha value is -2.41. The second kappa shape index (κ2) is 7.73. The number of ether oxygens (including phenoxy) is 2. The first-order valence-corrected chi connectivity index (χ1v) is 7.85. The minimum atomic E-state index is -0.675. The second-order valence-electron chi connectivity index (χ2n) is 4.61. The van der Waals surface area contributed by atoms with Gasteiger partial charge in [-0.15, -0.1) is 0 Å². The number of hydrogen-bond acceptors (Lipinski definition) is 5. The van der Waals surface area contributed by atoms with E-state index in [1.807, 2.05) is 16.8 Å². The molecule has 0 radical (unpaired) electrons. The number of amides is 1. The molecule has 0 saturated heterocycles. The number of halogens is 1. The highest BCUT2D eigenvalue weighted by molar-refractivity contribution is 7.08. The van der Waals surface area contributed by atoms with Gasteiger partial charge in [-0.25, -0.2) is 9.18 Å². The third-order valence-corrected chi connectivity index (χ3v) is 3.74. The van der Waals surface area contributed by atoms with Crippen molar-refractivity contribution in [1.29, 1.82) is 0 Å². The van der Waals surface area contributed by atoms with Crippen LogP contribution in [0.3, 0.4) is 0 Å². The molecule has 0 atom stereocenters. The number of methoxy groups -OCH3 is 1. The van der Waals surface area contributed by atoms with E-state index in [9.17, 15) is 14.0 Å². The predicted octanol–water partition coefficient (Wildman–Crippen LogP) is 3.25. The van der Waals surface area contributed by atoms with Crippen molar-refractivity contribution in [3.8, 4) is 5.75 Å². The lowest BCUT2D eigenvalue weighted by atomic mass is 10.1. The quantitative estimate of drug-likeness (QED) is 0.822. The molecule has 0 unspecified atom stereocenters. The van der Waals surface area contributed by atoms with Crippen molar-refractivity contribution >= 4 is 28.9 Å². The normalized spacial score (nSPS) is 10.2. The molecule has 1 aromatic heterocycles. The lowest BCUT2D eigenvalue weighted by molar-refractivity contribution is -0.115. The smallest absolute Gasteiger partial charge is 0.340 e. The van der Waals surface area contributed by atoms with Gasteiger partial charge in [0.25, 0.3) is 0 Å². The summed E-state index contributed by atoms with van der Waals surface area (Å²) >= 11 is 1.48. The van der Waals surface area contributed by atoms with Crippen molar-refractivity contribution in [1.82, 2.24) is 0 Å². The number of carbonyl (C=O) groups excluding carboxylic acids is 2. The van der Waals surface area contributed by atoms with Crippen LogP contribution >= 0.6 is 11.3 Å². The first kappa shape index (κ1) is 17.0. The Kier molecular flexibility index (Phi) is 5.70. The number of carbonyl (C=O) groups is 2. The fourth-order valence-electron chi connectivity index (χ4n) is 1.96. The monoisotopic (exact) mass is 337 g/mol. The minimum Gasteiger partial charge on any atom is -0.494 e. The maximum absolute atomic E-state index is 13.9. The summed E-state index contributed by atoms with van der Waals surface area (Å²) in [5, 5.41) is 6.26. The summed E-state index contributed by atoms with van der Waals surface area (Å²) in [5.41, 5.74) is 0.949. The van der Waals surface area contributed by atoms with E-state index in [1.165, 1.54) is 24.5 Å². The summed E-state index contributed by atoms with van der Waals surface area (Å²) in [6.45, 7) is 1.83. The molecule has 1 N–H and O–H groups in total. The zero-order valence-electron chi connectivity index (χ0n) is 12.7. The van der Waals surface area contributed by atoms with E-state index in [0.717, 1.165) is 11.6 Å². The molecule has 0 bridgehead atoms. The highest BCUT2D eigenvalue weighted by atomic mass is 32.1. The van der Waals surface area contributed by atoms with Gasteiger partial charge in [-0.05, 0) is 35.4 Å². The van der Waals surface area contributed by atoms with Crippen LogP contribution < -0.4 is 10.1 Å². The van der Waals surface area contributed by atoms with Crippen LogP contribution in [-0.2, 0) is 16.0 Å².